The lowest BCUT2D eigenvalue weighted by atomic mass is 10.1. The molecular weight excluding hydrogens is 440 g/mol. The Morgan fingerprint density at radius 2 is 1.88 bits per heavy atom. The van der Waals surface area contributed by atoms with Crippen molar-refractivity contribution in [3.8, 4) is 16.9 Å². The van der Waals surface area contributed by atoms with Gasteiger partial charge in [-0.05, 0) is 31.2 Å². The second kappa shape index (κ2) is 8.15. The van der Waals surface area contributed by atoms with Crippen LogP contribution in [0.1, 0.15) is 11.3 Å². The number of fused-ring (bicyclic) bond motifs is 1. The molecule has 0 bridgehead atoms. The molecule has 1 aromatic carbocycles. The maximum atomic E-state index is 14.3. The highest BCUT2D eigenvalue weighted by atomic mass is 32.2. The highest BCUT2D eigenvalue weighted by Gasteiger charge is 2.17. The number of pyridine rings is 2. The fraction of sp³-hybridized carbons (Fsp3) is 0.190. The number of nitrogens with zero attached hydrogens (tertiary/aromatic N) is 4. The van der Waals surface area contributed by atoms with Crippen LogP contribution in [0.5, 0.6) is 5.75 Å². The molecule has 0 amide bonds. The Labute approximate surface area is 182 Å². The van der Waals surface area contributed by atoms with Gasteiger partial charge in [0, 0.05) is 47.3 Å². The quantitative estimate of drug-likeness (QED) is 0.472. The lowest BCUT2D eigenvalue weighted by molar-refractivity contribution is 0.400. The molecule has 0 spiro atoms. The third-order valence-electron chi connectivity index (χ3n) is 4.97. The van der Waals surface area contributed by atoms with Crippen LogP contribution in [0.2, 0.25) is 0 Å². The first-order valence-corrected chi connectivity index (χ1v) is 11.3. The van der Waals surface area contributed by atoms with E-state index in [0.717, 1.165) is 18.4 Å². The van der Waals surface area contributed by atoms with Gasteiger partial charge >= 0.3 is 0 Å². The summed E-state index contributed by atoms with van der Waals surface area (Å²) in [7, 11) is -2.08. The molecule has 0 aliphatic rings. The molecule has 1 N–H and O–H groups in total. The number of methoxy groups -OCH3 is 1. The molecule has 0 atom stereocenters. The molecule has 0 saturated carbocycles. The van der Waals surface area contributed by atoms with Gasteiger partial charge in [0.15, 0.2) is 20.5 Å². The Bertz CT molecular complexity index is 1440. The molecule has 0 unspecified atom stereocenters. The Balaban J connectivity index is 1.70. The van der Waals surface area contributed by atoms with E-state index in [0.29, 0.717) is 28.3 Å². The van der Waals surface area contributed by atoms with Crippen molar-refractivity contribution in [2.24, 2.45) is 0 Å². The fourth-order valence-corrected chi connectivity index (χ4v) is 4.03. The van der Waals surface area contributed by atoms with Gasteiger partial charge in [-0.1, -0.05) is 0 Å². The topological polar surface area (TPSA) is 98.5 Å². The number of aromatic nitrogens is 4. The average molecular weight is 459 g/mol. The van der Waals surface area contributed by atoms with Crippen LogP contribution in [-0.2, 0) is 16.4 Å². The second-order valence-electron chi connectivity index (χ2n) is 7.13. The lowest BCUT2D eigenvalue weighted by Crippen LogP contribution is -2.08. The SMILES string of the molecule is COc1cc(F)cc(F)c1CNc1ccc(-c2ccc(S(C)(=O)=O)nc2C)c2nncn12. The highest BCUT2D eigenvalue weighted by Crippen LogP contribution is 2.30. The third-order valence-corrected chi connectivity index (χ3v) is 5.96. The summed E-state index contributed by atoms with van der Waals surface area (Å²) in [5.41, 5.74) is 2.60. The Hall–Kier alpha value is -3.60. The van der Waals surface area contributed by atoms with Crippen LogP contribution < -0.4 is 10.1 Å². The summed E-state index contributed by atoms with van der Waals surface area (Å²) in [6.07, 6.45) is 2.59. The smallest absolute Gasteiger partial charge is 0.192 e. The van der Waals surface area contributed by atoms with E-state index < -0.39 is 21.5 Å². The number of nitrogens with one attached hydrogen (secondary N) is 1. The third kappa shape index (κ3) is 3.98. The van der Waals surface area contributed by atoms with E-state index >= 15 is 0 Å². The van der Waals surface area contributed by atoms with Gasteiger partial charge in [-0.2, -0.15) is 0 Å². The maximum Gasteiger partial charge on any atom is 0.192 e. The largest absolute Gasteiger partial charge is 0.496 e. The zero-order chi connectivity index (χ0) is 23.0. The molecular formula is C21H19F2N5O3S. The molecule has 0 saturated heterocycles. The van der Waals surface area contributed by atoms with Crippen LogP contribution in [0, 0.1) is 18.6 Å². The van der Waals surface area contributed by atoms with Crippen molar-refractivity contribution in [1.29, 1.82) is 0 Å². The van der Waals surface area contributed by atoms with Crippen molar-refractivity contribution in [3.63, 3.8) is 0 Å². The van der Waals surface area contributed by atoms with E-state index in [9.17, 15) is 17.2 Å². The van der Waals surface area contributed by atoms with Crippen LogP contribution in [0.4, 0.5) is 14.6 Å². The number of sulfone groups is 1. The summed E-state index contributed by atoms with van der Waals surface area (Å²) in [5, 5.41) is 11.2. The molecule has 32 heavy (non-hydrogen) atoms. The van der Waals surface area contributed by atoms with Crippen molar-refractivity contribution in [2.45, 2.75) is 18.5 Å². The minimum absolute atomic E-state index is 0.00945. The summed E-state index contributed by atoms with van der Waals surface area (Å²) < 4.78 is 58.0. The van der Waals surface area contributed by atoms with Crippen LogP contribution in [0.25, 0.3) is 16.8 Å². The van der Waals surface area contributed by atoms with Crippen LogP contribution in [0.3, 0.4) is 0 Å². The number of hydrogen-bond acceptors (Lipinski definition) is 7. The zero-order valence-corrected chi connectivity index (χ0v) is 18.2. The Morgan fingerprint density at radius 1 is 1.12 bits per heavy atom. The molecule has 3 aromatic heterocycles. The first kappa shape index (κ1) is 21.6. The molecule has 4 aromatic rings. The summed E-state index contributed by atoms with van der Waals surface area (Å²) in [5.74, 6) is -0.782. The van der Waals surface area contributed by atoms with E-state index in [1.54, 1.807) is 29.5 Å². The average Bonchev–Trinajstić information content (AvgIpc) is 3.22. The number of ether oxygens (including phenoxy) is 1. The maximum absolute atomic E-state index is 14.3. The van der Waals surface area contributed by atoms with Gasteiger partial charge in [0.1, 0.15) is 29.5 Å². The highest BCUT2D eigenvalue weighted by molar-refractivity contribution is 7.90. The minimum Gasteiger partial charge on any atom is -0.496 e. The summed E-state index contributed by atoms with van der Waals surface area (Å²) in [4.78, 5) is 4.20. The predicted molar refractivity (Wildman–Crippen MR) is 114 cm³/mol. The number of anilines is 1. The zero-order valence-electron chi connectivity index (χ0n) is 17.4. The Morgan fingerprint density at radius 3 is 2.56 bits per heavy atom. The number of aryl methyl sites for hydroxylation is 1. The van der Waals surface area contributed by atoms with E-state index in [2.05, 4.69) is 20.5 Å². The van der Waals surface area contributed by atoms with E-state index in [-0.39, 0.29) is 22.9 Å². The molecule has 3 heterocycles. The predicted octanol–water partition coefficient (Wildman–Crippen LogP) is 3.40. The molecule has 0 aliphatic heterocycles. The number of hydrogen-bond donors (Lipinski definition) is 1. The first-order chi connectivity index (χ1) is 15.2. The van der Waals surface area contributed by atoms with Crippen LogP contribution in [-0.4, -0.2) is 41.4 Å². The summed E-state index contributed by atoms with van der Waals surface area (Å²) in [6.45, 7) is 1.75. The van der Waals surface area contributed by atoms with Crippen LogP contribution >= 0.6 is 0 Å². The summed E-state index contributed by atoms with van der Waals surface area (Å²) in [6, 6.07) is 8.58. The molecule has 0 radical (unpaired) electrons. The van der Waals surface area contributed by atoms with Crippen molar-refractivity contribution in [1.82, 2.24) is 19.6 Å². The number of halogens is 2. The molecule has 11 heteroatoms. The fourth-order valence-electron chi connectivity index (χ4n) is 3.41. The van der Waals surface area contributed by atoms with Gasteiger partial charge in [-0.15, -0.1) is 10.2 Å². The molecule has 0 aliphatic carbocycles. The lowest BCUT2D eigenvalue weighted by Gasteiger charge is -2.14. The Kier molecular flexibility index (Phi) is 5.51. The number of benzene rings is 1. The van der Waals surface area contributed by atoms with E-state index in [1.807, 2.05) is 0 Å². The van der Waals surface area contributed by atoms with Gasteiger partial charge in [-0.3, -0.25) is 4.40 Å². The van der Waals surface area contributed by atoms with Gasteiger partial charge in [0.25, 0.3) is 0 Å². The molecule has 4 rings (SSSR count). The second-order valence-corrected chi connectivity index (χ2v) is 9.10. The molecule has 166 valence electrons. The van der Waals surface area contributed by atoms with Gasteiger partial charge in [0.2, 0.25) is 0 Å². The first-order valence-electron chi connectivity index (χ1n) is 9.45. The van der Waals surface area contributed by atoms with Crippen molar-refractivity contribution in [3.05, 3.63) is 65.6 Å². The van der Waals surface area contributed by atoms with Crippen LogP contribution in [0.15, 0.2) is 47.8 Å². The standard InChI is InChI=1S/C21H19F2N5O3S/c1-12-14(5-7-20(26-12)32(3,29)30)15-4-6-19(28-11-25-27-21(15)28)24-10-16-17(23)8-13(22)9-18(16)31-2/h4-9,11,24H,10H2,1-3H3. The molecule has 8 nitrogen and oxygen atoms in total. The summed E-state index contributed by atoms with van der Waals surface area (Å²) >= 11 is 0. The monoisotopic (exact) mass is 459 g/mol. The molecule has 0 fully saturated rings. The van der Waals surface area contributed by atoms with Gasteiger partial charge in [-0.25, -0.2) is 22.2 Å². The van der Waals surface area contributed by atoms with Gasteiger partial charge < -0.3 is 10.1 Å². The van der Waals surface area contributed by atoms with Gasteiger partial charge in [0.05, 0.1) is 7.11 Å². The van der Waals surface area contributed by atoms with E-state index in [4.69, 9.17) is 4.74 Å². The van der Waals surface area contributed by atoms with Crippen molar-refractivity contribution < 1.29 is 21.9 Å². The van der Waals surface area contributed by atoms with Crippen molar-refractivity contribution in [2.75, 3.05) is 18.7 Å². The normalized spacial score (nSPS) is 11.7. The van der Waals surface area contributed by atoms with Crippen molar-refractivity contribution >= 4 is 21.3 Å². The number of rotatable bonds is 6. The minimum atomic E-state index is -3.43. The van der Waals surface area contributed by atoms with E-state index in [1.165, 1.54) is 19.5 Å².